The van der Waals surface area contributed by atoms with Gasteiger partial charge in [-0.3, -0.25) is 9.59 Å². The monoisotopic (exact) mass is 370 g/mol. The van der Waals surface area contributed by atoms with Crippen LogP contribution < -0.4 is 5.32 Å². The third-order valence-corrected chi connectivity index (χ3v) is 4.29. The number of para-hydroxylation sites is 1. The molecule has 1 atom stereocenters. The third-order valence-electron chi connectivity index (χ3n) is 3.76. The van der Waals surface area contributed by atoms with Gasteiger partial charge in [-0.05, 0) is 30.7 Å². The fraction of sp³-hybridized carbons (Fsp3) is 0.111. The van der Waals surface area contributed by atoms with Crippen LogP contribution >= 0.6 is 15.9 Å². The van der Waals surface area contributed by atoms with Gasteiger partial charge in [-0.25, -0.2) is 0 Å². The van der Waals surface area contributed by atoms with Gasteiger partial charge in [-0.2, -0.15) is 0 Å². The number of H-pyrrole nitrogens is 1. The van der Waals surface area contributed by atoms with Gasteiger partial charge in [0.05, 0.1) is 11.6 Å². The standard InChI is InChI=1S/C18H15BrN2O2/c1-11(12-6-8-13(19)9-7-12)21-18(23)17(22)15-10-20-16-5-3-2-4-14(15)16/h2-11,20H,1H3,(H,21,23)/t11-/m1/s1. The number of aromatic amines is 1. The lowest BCUT2D eigenvalue weighted by molar-refractivity contribution is -0.117. The van der Waals surface area contributed by atoms with Crippen LogP contribution in [0, 0.1) is 0 Å². The van der Waals surface area contributed by atoms with Crippen LogP contribution in [0.4, 0.5) is 0 Å². The molecule has 5 heteroatoms. The summed E-state index contributed by atoms with van der Waals surface area (Å²) < 4.78 is 0.967. The second-order valence-corrected chi connectivity index (χ2v) is 6.24. The van der Waals surface area contributed by atoms with E-state index in [1.807, 2.05) is 55.5 Å². The zero-order valence-corrected chi connectivity index (χ0v) is 14.1. The van der Waals surface area contributed by atoms with E-state index in [2.05, 4.69) is 26.2 Å². The number of fused-ring (bicyclic) bond motifs is 1. The molecule has 116 valence electrons. The van der Waals surface area contributed by atoms with Crippen molar-refractivity contribution in [1.29, 1.82) is 0 Å². The maximum atomic E-state index is 12.4. The first-order valence-electron chi connectivity index (χ1n) is 7.23. The lowest BCUT2D eigenvalue weighted by Crippen LogP contribution is -2.33. The van der Waals surface area contributed by atoms with Gasteiger partial charge < -0.3 is 10.3 Å². The van der Waals surface area contributed by atoms with Crippen LogP contribution in [-0.4, -0.2) is 16.7 Å². The Balaban J connectivity index is 1.77. The van der Waals surface area contributed by atoms with Crippen molar-refractivity contribution in [3.8, 4) is 0 Å². The highest BCUT2D eigenvalue weighted by molar-refractivity contribution is 9.10. The largest absolute Gasteiger partial charge is 0.360 e. The molecule has 23 heavy (non-hydrogen) atoms. The Morgan fingerprint density at radius 2 is 1.78 bits per heavy atom. The minimum atomic E-state index is -0.606. The number of carbonyl (C=O) groups is 2. The first kappa shape index (κ1) is 15.5. The molecule has 1 aromatic heterocycles. The topological polar surface area (TPSA) is 62.0 Å². The molecule has 1 heterocycles. The number of Topliss-reactive ketones (excluding diaryl/α,β-unsaturated/α-hetero) is 1. The molecule has 2 aromatic carbocycles. The number of halogens is 1. The minimum Gasteiger partial charge on any atom is -0.360 e. The van der Waals surface area contributed by atoms with E-state index in [1.54, 1.807) is 6.20 Å². The van der Waals surface area contributed by atoms with Crippen molar-refractivity contribution in [3.05, 3.63) is 70.3 Å². The maximum absolute atomic E-state index is 12.4. The molecule has 3 rings (SSSR count). The predicted octanol–water partition coefficient (Wildman–Crippen LogP) is 3.99. The van der Waals surface area contributed by atoms with Crippen molar-refractivity contribution in [2.24, 2.45) is 0 Å². The molecule has 0 unspecified atom stereocenters. The molecule has 1 amide bonds. The Hall–Kier alpha value is -2.40. The highest BCUT2D eigenvalue weighted by Gasteiger charge is 2.21. The summed E-state index contributed by atoms with van der Waals surface area (Å²) in [6.07, 6.45) is 1.58. The summed E-state index contributed by atoms with van der Waals surface area (Å²) in [5.41, 5.74) is 2.17. The van der Waals surface area contributed by atoms with E-state index in [1.165, 1.54) is 0 Å². The van der Waals surface area contributed by atoms with Crippen molar-refractivity contribution in [3.63, 3.8) is 0 Å². The molecule has 0 fully saturated rings. The van der Waals surface area contributed by atoms with Gasteiger partial charge in [0, 0.05) is 21.6 Å². The number of rotatable bonds is 4. The number of aromatic nitrogens is 1. The van der Waals surface area contributed by atoms with E-state index in [0.29, 0.717) is 5.56 Å². The van der Waals surface area contributed by atoms with E-state index >= 15 is 0 Å². The maximum Gasteiger partial charge on any atom is 0.292 e. The summed E-state index contributed by atoms with van der Waals surface area (Å²) in [6, 6.07) is 14.8. The first-order valence-corrected chi connectivity index (χ1v) is 8.02. The van der Waals surface area contributed by atoms with Gasteiger partial charge in [-0.1, -0.05) is 46.3 Å². The van der Waals surface area contributed by atoms with E-state index < -0.39 is 11.7 Å². The normalized spacial score (nSPS) is 12.1. The predicted molar refractivity (Wildman–Crippen MR) is 93.3 cm³/mol. The van der Waals surface area contributed by atoms with Gasteiger partial charge >= 0.3 is 0 Å². The molecule has 4 nitrogen and oxygen atoms in total. The molecule has 0 aliphatic heterocycles. The molecule has 0 spiro atoms. The Labute approximate surface area is 142 Å². The molecular formula is C18H15BrN2O2. The number of ketones is 1. The summed E-state index contributed by atoms with van der Waals surface area (Å²) in [7, 11) is 0. The number of carbonyl (C=O) groups excluding carboxylic acids is 2. The molecule has 0 aliphatic carbocycles. The summed E-state index contributed by atoms with van der Waals surface area (Å²) in [5, 5.41) is 3.50. The molecule has 0 saturated carbocycles. The molecule has 3 aromatic rings. The number of amides is 1. The highest BCUT2D eigenvalue weighted by Crippen LogP contribution is 2.19. The average molecular weight is 371 g/mol. The summed E-state index contributed by atoms with van der Waals surface area (Å²) >= 11 is 3.37. The Morgan fingerprint density at radius 1 is 1.09 bits per heavy atom. The highest BCUT2D eigenvalue weighted by atomic mass is 79.9. The second kappa shape index (κ2) is 6.38. The Kier molecular flexibility index (Phi) is 4.30. The second-order valence-electron chi connectivity index (χ2n) is 5.32. The van der Waals surface area contributed by atoms with Crippen LogP contribution in [-0.2, 0) is 4.79 Å². The molecule has 2 N–H and O–H groups in total. The van der Waals surface area contributed by atoms with Gasteiger partial charge in [0.1, 0.15) is 0 Å². The van der Waals surface area contributed by atoms with Crippen LogP contribution in [0.2, 0.25) is 0 Å². The smallest absolute Gasteiger partial charge is 0.292 e. The van der Waals surface area contributed by atoms with E-state index in [0.717, 1.165) is 20.9 Å². The fourth-order valence-electron chi connectivity index (χ4n) is 2.48. The minimum absolute atomic E-state index is 0.246. The number of hydrogen-bond acceptors (Lipinski definition) is 2. The zero-order valence-electron chi connectivity index (χ0n) is 12.5. The molecular weight excluding hydrogens is 356 g/mol. The van der Waals surface area contributed by atoms with Gasteiger partial charge in [0.2, 0.25) is 0 Å². The van der Waals surface area contributed by atoms with Crippen LogP contribution in [0.15, 0.2) is 59.2 Å². The van der Waals surface area contributed by atoms with Crippen molar-refractivity contribution < 1.29 is 9.59 Å². The van der Waals surface area contributed by atoms with Crippen molar-refractivity contribution in [2.75, 3.05) is 0 Å². The average Bonchev–Trinajstić information content (AvgIpc) is 2.98. The zero-order chi connectivity index (χ0) is 16.4. The third kappa shape index (κ3) is 3.19. The summed E-state index contributed by atoms with van der Waals surface area (Å²) in [4.78, 5) is 27.7. The fourth-order valence-corrected chi connectivity index (χ4v) is 2.74. The molecule has 0 saturated heterocycles. The van der Waals surface area contributed by atoms with E-state index in [4.69, 9.17) is 0 Å². The van der Waals surface area contributed by atoms with Crippen LogP contribution in [0.5, 0.6) is 0 Å². The van der Waals surface area contributed by atoms with E-state index in [-0.39, 0.29) is 6.04 Å². The lowest BCUT2D eigenvalue weighted by atomic mass is 10.1. The number of hydrogen-bond donors (Lipinski definition) is 2. The van der Waals surface area contributed by atoms with Crippen molar-refractivity contribution in [2.45, 2.75) is 13.0 Å². The van der Waals surface area contributed by atoms with Crippen LogP contribution in [0.25, 0.3) is 10.9 Å². The summed E-state index contributed by atoms with van der Waals surface area (Å²) in [6.45, 7) is 1.85. The quantitative estimate of drug-likeness (QED) is 0.538. The van der Waals surface area contributed by atoms with Crippen LogP contribution in [0.1, 0.15) is 28.9 Å². The Bertz CT molecular complexity index is 868. The number of nitrogens with one attached hydrogen (secondary N) is 2. The number of benzene rings is 2. The SMILES string of the molecule is C[C@@H](NC(=O)C(=O)c1c[nH]c2ccccc12)c1ccc(Br)cc1. The summed E-state index contributed by atoms with van der Waals surface area (Å²) in [5.74, 6) is -1.14. The first-order chi connectivity index (χ1) is 11.1. The molecule has 0 aliphatic rings. The molecule has 0 bridgehead atoms. The van der Waals surface area contributed by atoms with Crippen molar-refractivity contribution >= 4 is 38.5 Å². The van der Waals surface area contributed by atoms with Gasteiger partial charge in [0.25, 0.3) is 11.7 Å². The lowest BCUT2D eigenvalue weighted by Gasteiger charge is -2.13. The van der Waals surface area contributed by atoms with Gasteiger partial charge in [-0.15, -0.1) is 0 Å². The van der Waals surface area contributed by atoms with Crippen molar-refractivity contribution in [1.82, 2.24) is 10.3 Å². The van der Waals surface area contributed by atoms with Gasteiger partial charge in [0.15, 0.2) is 0 Å². The Morgan fingerprint density at radius 3 is 2.52 bits per heavy atom. The van der Waals surface area contributed by atoms with E-state index in [9.17, 15) is 9.59 Å². The van der Waals surface area contributed by atoms with Crippen LogP contribution in [0.3, 0.4) is 0 Å². The molecule has 0 radical (unpaired) electrons.